The van der Waals surface area contributed by atoms with Gasteiger partial charge in [0.2, 0.25) is 0 Å². The van der Waals surface area contributed by atoms with E-state index in [9.17, 15) is 9.59 Å². The van der Waals surface area contributed by atoms with Crippen LogP contribution in [0.25, 0.3) is 0 Å². The van der Waals surface area contributed by atoms with Crippen LogP contribution >= 0.6 is 23.4 Å². The molecule has 1 aliphatic heterocycles. The van der Waals surface area contributed by atoms with Crippen molar-refractivity contribution < 1.29 is 19.1 Å². The Labute approximate surface area is 173 Å². The van der Waals surface area contributed by atoms with Crippen molar-refractivity contribution in [2.24, 2.45) is 0 Å². The van der Waals surface area contributed by atoms with Gasteiger partial charge in [-0.2, -0.15) is 0 Å². The Bertz CT molecular complexity index is 789. The van der Waals surface area contributed by atoms with E-state index in [1.165, 1.54) is 0 Å². The summed E-state index contributed by atoms with van der Waals surface area (Å²) in [5.41, 5.74) is 1.51. The molecule has 1 saturated heterocycles. The van der Waals surface area contributed by atoms with Gasteiger partial charge >= 0.3 is 5.97 Å². The standard InChI is InChI=1S/C21H22ClNO4S/c22-17-7-9-19(10-8-17)28-14-15-3-5-16(6-4-15)21(25)27-13-20(24)23-12-18-2-1-11-26-18/h3-10,18H,1-2,11-14H2,(H,23,24)/t18-/m1/s1. The number of thioether (sulfide) groups is 1. The predicted octanol–water partition coefficient (Wildman–Crippen LogP) is 4.08. The molecule has 0 saturated carbocycles. The number of rotatable bonds is 8. The van der Waals surface area contributed by atoms with Crippen LogP contribution in [0.3, 0.4) is 0 Å². The molecule has 3 rings (SSSR count). The highest BCUT2D eigenvalue weighted by molar-refractivity contribution is 7.98. The summed E-state index contributed by atoms with van der Waals surface area (Å²) in [6, 6.07) is 14.9. The smallest absolute Gasteiger partial charge is 0.338 e. The maximum atomic E-state index is 12.1. The second kappa shape index (κ2) is 10.5. The van der Waals surface area contributed by atoms with Crippen LogP contribution in [0.4, 0.5) is 0 Å². The van der Waals surface area contributed by atoms with Gasteiger partial charge in [-0.15, -0.1) is 11.8 Å². The number of amides is 1. The molecule has 1 atom stereocenters. The lowest BCUT2D eigenvalue weighted by Crippen LogP contribution is -2.34. The molecule has 2 aromatic rings. The lowest BCUT2D eigenvalue weighted by atomic mass is 10.1. The van der Waals surface area contributed by atoms with Gasteiger partial charge in [-0.1, -0.05) is 23.7 Å². The minimum absolute atomic E-state index is 0.0675. The molecular weight excluding hydrogens is 398 g/mol. The van der Waals surface area contributed by atoms with Gasteiger partial charge in [0.15, 0.2) is 6.61 Å². The third kappa shape index (κ3) is 6.55. The van der Waals surface area contributed by atoms with Crippen LogP contribution in [0.15, 0.2) is 53.4 Å². The van der Waals surface area contributed by atoms with E-state index in [4.69, 9.17) is 21.1 Å². The van der Waals surface area contributed by atoms with Crippen molar-refractivity contribution in [3.8, 4) is 0 Å². The van der Waals surface area contributed by atoms with E-state index in [0.717, 1.165) is 35.7 Å². The Hall–Kier alpha value is -2.02. The number of benzene rings is 2. The van der Waals surface area contributed by atoms with Crippen LogP contribution in [0, 0.1) is 0 Å². The summed E-state index contributed by atoms with van der Waals surface area (Å²) in [5.74, 6) is -0.0493. The number of halogens is 1. The molecule has 0 spiro atoms. The average Bonchev–Trinajstić information content (AvgIpc) is 3.24. The lowest BCUT2D eigenvalue weighted by Gasteiger charge is -2.11. The zero-order valence-electron chi connectivity index (χ0n) is 15.4. The number of ether oxygens (including phenoxy) is 2. The van der Waals surface area contributed by atoms with Gasteiger partial charge in [-0.25, -0.2) is 4.79 Å². The Morgan fingerprint density at radius 2 is 1.89 bits per heavy atom. The first-order valence-electron chi connectivity index (χ1n) is 9.13. The molecule has 5 nitrogen and oxygen atoms in total. The van der Waals surface area contributed by atoms with Gasteiger partial charge in [-0.05, 0) is 54.8 Å². The van der Waals surface area contributed by atoms with Crippen molar-refractivity contribution in [1.29, 1.82) is 0 Å². The molecule has 2 aromatic carbocycles. The highest BCUT2D eigenvalue weighted by Crippen LogP contribution is 2.24. The maximum Gasteiger partial charge on any atom is 0.338 e. The average molecular weight is 420 g/mol. The molecule has 1 N–H and O–H groups in total. The first-order chi connectivity index (χ1) is 13.6. The largest absolute Gasteiger partial charge is 0.452 e. The van der Waals surface area contributed by atoms with E-state index >= 15 is 0 Å². The van der Waals surface area contributed by atoms with Crippen LogP contribution in [-0.2, 0) is 20.0 Å². The summed E-state index contributed by atoms with van der Waals surface area (Å²) in [4.78, 5) is 25.0. The van der Waals surface area contributed by atoms with Gasteiger partial charge in [-0.3, -0.25) is 4.79 Å². The predicted molar refractivity (Wildman–Crippen MR) is 110 cm³/mol. The van der Waals surface area contributed by atoms with E-state index < -0.39 is 5.97 Å². The van der Waals surface area contributed by atoms with Crippen molar-refractivity contribution in [1.82, 2.24) is 5.32 Å². The van der Waals surface area contributed by atoms with Crippen molar-refractivity contribution in [2.75, 3.05) is 19.8 Å². The first kappa shape index (κ1) is 20.7. The van der Waals surface area contributed by atoms with E-state index in [1.54, 1.807) is 23.9 Å². The number of carbonyl (C=O) groups excluding carboxylic acids is 2. The summed E-state index contributed by atoms with van der Waals surface area (Å²) in [5, 5.41) is 3.44. The highest BCUT2D eigenvalue weighted by Gasteiger charge is 2.17. The normalized spacial score (nSPS) is 16.0. The minimum Gasteiger partial charge on any atom is -0.452 e. The summed E-state index contributed by atoms with van der Waals surface area (Å²) < 4.78 is 10.5. The molecule has 0 bridgehead atoms. The third-order valence-corrected chi connectivity index (χ3v) is 5.63. The molecule has 1 fully saturated rings. The van der Waals surface area contributed by atoms with E-state index in [0.29, 0.717) is 17.1 Å². The quantitative estimate of drug-likeness (QED) is 0.515. The molecule has 1 amide bonds. The van der Waals surface area contributed by atoms with Gasteiger partial charge < -0.3 is 14.8 Å². The molecule has 7 heteroatoms. The van der Waals surface area contributed by atoms with Crippen LogP contribution in [0.1, 0.15) is 28.8 Å². The van der Waals surface area contributed by atoms with E-state index in [1.807, 2.05) is 36.4 Å². The second-order valence-electron chi connectivity index (χ2n) is 6.45. The molecule has 0 aliphatic carbocycles. The minimum atomic E-state index is -0.510. The number of nitrogens with one attached hydrogen (secondary N) is 1. The number of hydrogen-bond acceptors (Lipinski definition) is 5. The van der Waals surface area contributed by atoms with E-state index in [2.05, 4.69) is 5.32 Å². The molecule has 28 heavy (non-hydrogen) atoms. The number of carbonyl (C=O) groups is 2. The van der Waals surface area contributed by atoms with Gasteiger partial charge in [0.1, 0.15) is 0 Å². The zero-order chi connectivity index (χ0) is 19.8. The molecule has 1 heterocycles. The molecule has 148 valence electrons. The van der Waals surface area contributed by atoms with Crippen LogP contribution < -0.4 is 5.32 Å². The summed E-state index contributed by atoms with van der Waals surface area (Å²) >= 11 is 7.57. The fraction of sp³-hybridized carbons (Fsp3) is 0.333. The third-order valence-electron chi connectivity index (χ3n) is 4.29. The van der Waals surface area contributed by atoms with E-state index in [-0.39, 0.29) is 18.6 Å². The van der Waals surface area contributed by atoms with Gasteiger partial charge in [0.05, 0.1) is 11.7 Å². The number of hydrogen-bond donors (Lipinski definition) is 1. The number of esters is 1. The fourth-order valence-electron chi connectivity index (χ4n) is 2.73. The Morgan fingerprint density at radius 3 is 2.57 bits per heavy atom. The molecule has 0 unspecified atom stereocenters. The lowest BCUT2D eigenvalue weighted by molar-refractivity contribution is -0.124. The van der Waals surface area contributed by atoms with Crippen molar-refractivity contribution in [2.45, 2.75) is 29.6 Å². The van der Waals surface area contributed by atoms with Gasteiger partial charge in [0, 0.05) is 28.8 Å². The second-order valence-corrected chi connectivity index (χ2v) is 7.94. The maximum absolute atomic E-state index is 12.1. The SMILES string of the molecule is O=C(COC(=O)c1ccc(CSc2ccc(Cl)cc2)cc1)NC[C@H]1CCCO1. The molecular formula is C21H22ClNO4S. The van der Waals surface area contributed by atoms with Gasteiger partial charge in [0.25, 0.3) is 5.91 Å². The molecule has 0 aromatic heterocycles. The summed E-state index contributed by atoms with van der Waals surface area (Å²) in [7, 11) is 0. The zero-order valence-corrected chi connectivity index (χ0v) is 16.9. The van der Waals surface area contributed by atoms with Crippen LogP contribution in [0.5, 0.6) is 0 Å². The van der Waals surface area contributed by atoms with Crippen molar-refractivity contribution >= 4 is 35.2 Å². The Kier molecular flexibility index (Phi) is 7.77. The topological polar surface area (TPSA) is 64.6 Å². The summed E-state index contributed by atoms with van der Waals surface area (Å²) in [6.45, 7) is 0.903. The fourth-order valence-corrected chi connectivity index (χ4v) is 3.71. The monoisotopic (exact) mass is 419 g/mol. The Balaban J connectivity index is 1.40. The van der Waals surface area contributed by atoms with Crippen molar-refractivity contribution in [3.05, 3.63) is 64.7 Å². The Morgan fingerprint density at radius 1 is 1.14 bits per heavy atom. The molecule has 1 aliphatic rings. The van der Waals surface area contributed by atoms with Crippen molar-refractivity contribution in [3.63, 3.8) is 0 Å². The molecule has 0 radical (unpaired) electrons. The van der Waals surface area contributed by atoms with Crippen LogP contribution in [0.2, 0.25) is 5.02 Å². The summed E-state index contributed by atoms with van der Waals surface area (Å²) in [6.07, 6.45) is 2.03. The first-order valence-corrected chi connectivity index (χ1v) is 10.5. The van der Waals surface area contributed by atoms with Crippen LogP contribution in [-0.4, -0.2) is 37.7 Å². The highest BCUT2D eigenvalue weighted by atomic mass is 35.5.